The molecule has 100 valence electrons. The first-order chi connectivity index (χ1) is 9.06. The van der Waals surface area contributed by atoms with E-state index in [0.29, 0.717) is 5.92 Å². The lowest BCUT2D eigenvalue weighted by Gasteiger charge is -2.04. The minimum Gasteiger partial charge on any atom is -0.480 e. The number of rotatable bonds is 5. The smallest absolute Gasteiger partial charge is 0.325 e. The number of hydrogen-bond acceptors (Lipinski definition) is 2. The molecular formula is C15H18N2O2. The maximum Gasteiger partial charge on any atom is 0.325 e. The van der Waals surface area contributed by atoms with E-state index in [4.69, 9.17) is 5.11 Å². The highest BCUT2D eigenvalue weighted by atomic mass is 16.4. The van der Waals surface area contributed by atoms with Crippen molar-refractivity contribution in [3.05, 3.63) is 42.1 Å². The monoisotopic (exact) mass is 258 g/mol. The van der Waals surface area contributed by atoms with Gasteiger partial charge in [-0.3, -0.25) is 9.48 Å². The van der Waals surface area contributed by atoms with E-state index in [-0.39, 0.29) is 6.54 Å². The number of aliphatic carboxylic acids is 1. The Morgan fingerprint density at radius 3 is 2.58 bits per heavy atom. The number of carbonyl (C=O) groups is 1. The van der Waals surface area contributed by atoms with Crippen LogP contribution < -0.4 is 0 Å². The topological polar surface area (TPSA) is 55.1 Å². The number of carboxylic acid groups (broad SMARTS) is 1. The van der Waals surface area contributed by atoms with Crippen LogP contribution >= 0.6 is 0 Å². The van der Waals surface area contributed by atoms with E-state index in [9.17, 15) is 4.79 Å². The van der Waals surface area contributed by atoms with Gasteiger partial charge in [0, 0.05) is 11.8 Å². The van der Waals surface area contributed by atoms with Crippen LogP contribution in [0.5, 0.6) is 0 Å². The fourth-order valence-electron chi connectivity index (χ4n) is 2.11. The Labute approximate surface area is 112 Å². The lowest BCUT2D eigenvalue weighted by atomic mass is 10.0. The Hall–Kier alpha value is -2.10. The molecule has 0 radical (unpaired) electrons. The lowest BCUT2D eigenvalue weighted by molar-refractivity contribution is -0.137. The molecule has 0 atom stereocenters. The van der Waals surface area contributed by atoms with Gasteiger partial charge in [-0.2, -0.15) is 5.10 Å². The van der Waals surface area contributed by atoms with Gasteiger partial charge >= 0.3 is 5.97 Å². The van der Waals surface area contributed by atoms with Gasteiger partial charge in [-0.1, -0.05) is 44.2 Å². The minimum atomic E-state index is -0.877. The number of aromatic nitrogens is 2. The lowest BCUT2D eigenvalue weighted by Crippen LogP contribution is -2.08. The van der Waals surface area contributed by atoms with Crippen LogP contribution in [0, 0.1) is 5.92 Å². The van der Waals surface area contributed by atoms with Gasteiger partial charge in [0.1, 0.15) is 6.54 Å². The molecule has 0 spiro atoms. The summed E-state index contributed by atoms with van der Waals surface area (Å²) in [5, 5.41) is 13.3. The Morgan fingerprint density at radius 2 is 2.00 bits per heavy atom. The molecular weight excluding hydrogens is 240 g/mol. The van der Waals surface area contributed by atoms with Crippen LogP contribution in [-0.2, 0) is 17.8 Å². The third-order valence-corrected chi connectivity index (χ3v) is 2.81. The van der Waals surface area contributed by atoms with Gasteiger partial charge in [0.15, 0.2) is 0 Å². The molecule has 1 aromatic carbocycles. The Bertz CT molecular complexity index is 559. The van der Waals surface area contributed by atoms with Gasteiger partial charge in [0.2, 0.25) is 0 Å². The first kappa shape index (κ1) is 13.3. The van der Waals surface area contributed by atoms with Crippen molar-refractivity contribution in [1.82, 2.24) is 9.78 Å². The van der Waals surface area contributed by atoms with Crippen LogP contribution in [0.3, 0.4) is 0 Å². The van der Waals surface area contributed by atoms with E-state index in [1.54, 1.807) is 0 Å². The van der Waals surface area contributed by atoms with Gasteiger partial charge in [0.05, 0.1) is 5.69 Å². The van der Waals surface area contributed by atoms with Gasteiger partial charge in [-0.05, 0) is 17.9 Å². The molecule has 1 N–H and O–H groups in total. The third kappa shape index (κ3) is 3.44. The van der Waals surface area contributed by atoms with Crippen molar-refractivity contribution in [2.75, 3.05) is 0 Å². The molecule has 19 heavy (non-hydrogen) atoms. The van der Waals surface area contributed by atoms with Crippen LogP contribution in [0.4, 0.5) is 0 Å². The molecule has 0 fully saturated rings. The first-order valence-electron chi connectivity index (χ1n) is 6.40. The normalized spacial score (nSPS) is 10.9. The van der Waals surface area contributed by atoms with E-state index in [1.165, 1.54) is 4.68 Å². The summed E-state index contributed by atoms with van der Waals surface area (Å²) in [5.74, 6) is -0.372. The Kier molecular flexibility index (Phi) is 4.00. The largest absolute Gasteiger partial charge is 0.480 e. The van der Waals surface area contributed by atoms with Crippen LogP contribution in [0.1, 0.15) is 19.4 Å². The van der Waals surface area contributed by atoms with E-state index >= 15 is 0 Å². The van der Waals surface area contributed by atoms with Crippen molar-refractivity contribution in [3.8, 4) is 11.3 Å². The van der Waals surface area contributed by atoms with Crippen LogP contribution in [-0.4, -0.2) is 20.9 Å². The molecule has 4 heteroatoms. The highest BCUT2D eigenvalue weighted by Gasteiger charge is 2.13. The third-order valence-electron chi connectivity index (χ3n) is 2.81. The summed E-state index contributed by atoms with van der Waals surface area (Å²) in [5.41, 5.74) is 3.01. The van der Waals surface area contributed by atoms with Crippen LogP contribution in [0.15, 0.2) is 36.5 Å². The van der Waals surface area contributed by atoms with Crippen LogP contribution in [0.25, 0.3) is 11.3 Å². The molecule has 1 aromatic heterocycles. The molecule has 0 unspecified atom stereocenters. The summed E-state index contributed by atoms with van der Waals surface area (Å²) >= 11 is 0. The summed E-state index contributed by atoms with van der Waals surface area (Å²) in [6.45, 7) is 4.19. The van der Waals surface area contributed by atoms with Gasteiger partial charge in [-0.25, -0.2) is 0 Å². The molecule has 2 aromatic rings. The molecule has 2 rings (SSSR count). The van der Waals surface area contributed by atoms with Crippen molar-refractivity contribution in [3.63, 3.8) is 0 Å². The second-order valence-electron chi connectivity index (χ2n) is 5.06. The zero-order valence-corrected chi connectivity index (χ0v) is 11.2. The summed E-state index contributed by atoms with van der Waals surface area (Å²) in [7, 11) is 0. The molecule has 0 aliphatic heterocycles. The highest BCUT2D eigenvalue weighted by Crippen LogP contribution is 2.24. The molecule has 0 aliphatic carbocycles. The summed E-state index contributed by atoms with van der Waals surface area (Å²) < 4.78 is 1.50. The predicted octanol–water partition coefficient (Wildman–Crippen LogP) is 2.83. The van der Waals surface area contributed by atoms with Crippen molar-refractivity contribution in [2.24, 2.45) is 5.92 Å². The minimum absolute atomic E-state index is 0.0993. The number of carboxylic acids is 1. The second kappa shape index (κ2) is 5.69. The van der Waals surface area contributed by atoms with E-state index in [1.807, 2.05) is 36.5 Å². The van der Waals surface area contributed by atoms with Crippen molar-refractivity contribution in [1.29, 1.82) is 0 Å². The van der Waals surface area contributed by atoms with Crippen molar-refractivity contribution >= 4 is 5.97 Å². The number of hydrogen-bond donors (Lipinski definition) is 1. The fourth-order valence-corrected chi connectivity index (χ4v) is 2.11. The van der Waals surface area contributed by atoms with E-state index in [0.717, 1.165) is 23.2 Å². The first-order valence-corrected chi connectivity index (χ1v) is 6.40. The SMILES string of the molecule is CC(C)Cc1cn(CC(=O)O)nc1-c1ccccc1. The van der Waals surface area contributed by atoms with E-state index in [2.05, 4.69) is 18.9 Å². The molecule has 0 aliphatic rings. The zero-order chi connectivity index (χ0) is 13.8. The quantitative estimate of drug-likeness (QED) is 0.897. The Balaban J connectivity index is 2.39. The van der Waals surface area contributed by atoms with Gasteiger partial charge in [-0.15, -0.1) is 0 Å². The van der Waals surface area contributed by atoms with E-state index < -0.39 is 5.97 Å². The molecule has 0 saturated heterocycles. The summed E-state index contributed by atoms with van der Waals surface area (Å²) in [4.78, 5) is 10.8. The molecule has 0 bridgehead atoms. The second-order valence-corrected chi connectivity index (χ2v) is 5.06. The van der Waals surface area contributed by atoms with Gasteiger partial charge < -0.3 is 5.11 Å². The number of benzene rings is 1. The fraction of sp³-hybridized carbons (Fsp3) is 0.333. The molecule has 0 amide bonds. The molecule has 0 saturated carbocycles. The predicted molar refractivity (Wildman–Crippen MR) is 73.8 cm³/mol. The zero-order valence-electron chi connectivity index (χ0n) is 11.2. The van der Waals surface area contributed by atoms with Crippen molar-refractivity contribution < 1.29 is 9.90 Å². The molecule has 4 nitrogen and oxygen atoms in total. The summed E-state index contributed by atoms with van der Waals surface area (Å²) in [6, 6.07) is 9.88. The average molecular weight is 258 g/mol. The maximum absolute atomic E-state index is 10.8. The summed E-state index contributed by atoms with van der Waals surface area (Å²) in [6.07, 6.45) is 2.74. The van der Waals surface area contributed by atoms with Gasteiger partial charge in [0.25, 0.3) is 0 Å². The average Bonchev–Trinajstić information content (AvgIpc) is 2.71. The number of nitrogens with zero attached hydrogens (tertiary/aromatic N) is 2. The highest BCUT2D eigenvalue weighted by molar-refractivity contribution is 5.67. The van der Waals surface area contributed by atoms with Crippen LogP contribution in [0.2, 0.25) is 0 Å². The Morgan fingerprint density at radius 1 is 1.32 bits per heavy atom. The maximum atomic E-state index is 10.8. The standard InChI is InChI=1S/C15H18N2O2/c1-11(2)8-13-9-17(10-14(18)19)16-15(13)12-6-4-3-5-7-12/h3-7,9,11H,8,10H2,1-2H3,(H,18,19). The molecule has 1 heterocycles. The van der Waals surface area contributed by atoms with Crippen molar-refractivity contribution in [2.45, 2.75) is 26.8 Å².